The average Bonchev–Trinajstić information content (AvgIpc) is 2.46. The molecule has 0 bridgehead atoms. The number of nitrogens with one attached hydrogen (secondary N) is 1. The lowest BCUT2D eigenvalue weighted by molar-refractivity contribution is -0.117. The molecule has 4 heteroatoms. The van der Waals surface area contributed by atoms with E-state index in [0.717, 1.165) is 18.8 Å². The van der Waals surface area contributed by atoms with Crippen LogP contribution in [0.25, 0.3) is 0 Å². The minimum Gasteiger partial charge on any atom is -0.359 e. The maximum Gasteiger partial charge on any atom is 0.246 e. The second-order valence-corrected chi connectivity index (χ2v) is 5.47. The number of fused-ring (bicyclic) bond motifs is 1. The Morgan fingerprint density at radius 2 is 2.05 bits per heavy atom. The number of hydrogen-bond acceptors (Lipinski definition) is 3. The number of benzene rings is 1. The van der Waals surface area contributed by atoms with E-state index in [4.69, 9.17) is 0 Å². The zero-order valence-electron chi connectivity index (χ0n) is 11.4. The van der Waals surface area contributed by atoms with E-state index in [1.807, 2.05) is 25.2 Å². The lowest BCUT2D eigenvalue weighted by atomic mass is 10.0. The standard InChI is InChI=1S/C15H21N3O/c1-17-13-7-2-3-8-14(13)18(11-15(17)19)10-12-6-4-5-9-16-12/h2-3,7-8,12,16H,4-6,9-11H2,1H3. The molecule has 0 aromatic heterocycles. The van der Waals surface area contributed by atoms with Gasteiger partial charge in [0, 0.05) is 19.6 Å². The quantitative estimate of drug-likeness (QED) is 0.876. The van der Waals surface area contributed by atoms with Crippen molar-refractivity contribution in [3.05, 3.63) is 24.3 Å². The fourth-order valence-corrected chi connectivity index (χ4v) is 3.01. The van der Waals surface area contributed by atoms with Gasteiger partial charge in [0.05, 0.1) is 17.9 Å². The van der Waals surface area contributed by atoms with Crippen molar-refractivity contribution in [1.82, 2.24) is 5.32 Å². The number of rotatable bonds is 2. The molecule has 3 rings (SSSR count). The monoisotopic (exact) mass is 259 g/mol. The normalized spacial score (nSPS) is 23.4. The first-order chi connectivity index (χ1) is 9.25. The van der Waals surface area contributed by atoms with Gasteiger partial charge in [-0.25, -0.2) is 0 Å². The van der Waals surface area contributed by atoms with Crippen LogP contribution in [0, 0.1) is 0 Å². The van der Waals surface area contributed by atoms with Crippen LogP contribution in [0.1, 0.15) is 19.3 Å². The number of para-hydroxylation sites is 2. The molecular weight excluding hydrogens is 238 g/mol. The molecule has 1 atom stereocenters. The van der Waals surface area contributed by atoms with Crippen LogP contribution in [-0.4, -0.2) is 38.6 Å². The Balaban J connectivity index is 1.81. The molecule has 1 fully saturated rings. The third kappa shape index (κ3) is 2.45. The molecule has 1 aromatic carbocycles. The van der Waals surface area contributed by atoms with Gasteiger partial charge >= 0.3 is 0 Å². The number of piperidine rings is 1. The highest BCUT2D eigenvalue weighted by atomic mass is 16.2. The molecule has 2 aliphatic rings. The summed E-state index contributed by atoms with van der Waals surface area (Å²) in [6.07, 6.45) is 3.78. The summed E-state index contributed by atoms with van der Waals surface area (Å²) in [5.74, 6) is 0.175. The highest BCUT2D eigenvalue weighted by molar-refractivity contribution is 6.02. The summed E-state index contributed by atoms with van der Waals surface area (Å²) < 4.78 is 0. The van der Waals surface area contributed by atoms with Crippen molar-refractivity contribution in [2.24, 2.45) is 0 Å². The largest absolute Gasteiger partial charge is 0.359 e. The zero-order valence-corrected chi connectivity index (χ0v) is 11.4. The van der Waals surface area contributed by atoms with Crippen molar-refractivity contribution < 1.29 is 4.79 Å². The first kappa shape index (κ1) is 12.5. The predicted molar refractivity (Wildman–Crippen MR) is 77.7 cm³/mol. The maximum atomic E-state index is 12.1. The van der Waals surface area contributed by atoms with Crippen molar-refractivity contribution in [1.29, 1.82) is 0 Å². The minimum absolute atomic E-state index is 0.175. The molecule has 19 heavy (non-hydrogen) atoms. The Bertz CT molecular complexity index is 468. The third-order valence-corrected chi connectivity index (χ3v) is 4.14. The number of carbonyl (C=O) groups is 1. The van der Waals surface area contributed by atoms with Gasteiger partial charge in [-0.05, 0) is 31.5 Å². The molecule has 0 aliphatic carbocycles. The van der Waals surface area contributed by atoms with Crippen LogP contribution >= 0.6 is 0 Å². The highest BCUT2D eigenvalue weighted by Crippen LogP contribution is 2.32. The van der Waals surface area contributed by atoms with Gasteiger partial charge in [0.2, 0.25) is 5.91 Å². The molecule has 2 aliphatic heterocycles. The SMILES string of the molecule is CN1C(=O)CN(CC2CCCCN2)c2ccccc21. The van der Waals surface area contributed by atoms with E-state index in [1.165, 1.54) is 24.9 Å². The summed E-state index contributed by atoms with van der Waals surface area (Å²) >= 11 is 0. The first-order valence-corrected chi connectivity index (χ1v) is 7.09. The molecule has 4 nitrogen and oxygen atoms in total. The number of likely N-dealkylation sites (N-methyl/N-ethyl adjacent to an activating group) is 1. The molecule has 0 spiro atoms. The van der Waals surface area contributed by atoms with Gasteiger partial charge in [-0.3, -0.25) is 4.79 Å². The van der Waals surface area contributed by atoms with Crippen molar-refractivity contribution in [3.8, 4) is 0 Å². The summed E-state index contributed by atoms with van der Waals surface area (Å²) in [7, 11) is 1.86. The van der Waals surface area contributed by atoms with Gasteiger partial charge < -0.3 is 15.1 Å². The third-order valence-electron chi connectivity index (χ3n) is 4.14. The van der Waals surface area contributed by atoms with Crippen LogP contribution in [0.5, 0.6) is 0 Å². The van der Waals surface area contributed by atoms with Crippen LogP contribution in [0.3, 0.4) is 0 Å². The molecule has 1 aromatic rings. The van der Waals surface area contributed by atoms with Crippen molar-refractivity contribution in [2.75, 3.05) is 36.5 Å². The minimum atomic E-state index is 0.175. The topological polar surface area (TPSA) is 35.6 Å². The molecule has 1 saturated heterocycles. The van der Waals surface area contributed by atoms with Crippen molar-refractivity contribution in [3.63, 3.8) is 0 Å². The summed E-state index contributed by atoms with van der Waals surface area (Å²) in [5.41, 5.74) is 2.20. The number of carbonyl (C=O) groups excluding carboxylic acids is 1. The van der Waals surface area contributed by atoms with E-state index in [-0.39, 0.29) is 5.91 Å². The zero-order chi connectivity index (χ0) is 13.2. The van der Waals surface area contributed by atoms with Crippen LogP contribution in [0.2, 0.25) is 0 Å². The lowest BCUT2D eigenvalue weighted by Crippen LogP contribution is -2.50. The fourth-order valence-electron chi connectivity index (χ4n) is 3.01. The van der Waals surface area contributed by atoms with E-state index in [2.05, 4.69) is 16.3 Å². The smallest absolute Gasteiger partial charge is 0.246 e. The summed E-state index contributed by atoms with van der Waals surface area (Å²) in [5, 5.41) is 3.56. The maximum absolute atomic E-state index is 12.1. The van der Waals surface area contributed by atoms with Crippen LogP contribution in [-0.2, 0) is 4.79 Å². The van der Waals surface area contributed by atoms with Crippen molar-refractivity contribution >= 4 is 17.3 Å². The average molecular weight is 259 g/mol. The molecule has 0 radical (unpaired) electrons. The molecule has 2 heterocycles. The van der Waals surface area contributed by atoms with E-state index < -0.39 is 0 Å². The van der Waals surface area contributed by atoms with E-state index in [9.17, 15) is 4.79 Å². The van der Waals surface area contributed by atoms with Crippen LogP contribution < -0.4 is 15.1 Å². The highest BCUT2D eigenvalue weighted by Gasteiger charge is 2.28. The van der Waals surface area contributed by atoms with Crippen molar-refractivity contribution in [2.45, 2.75) is 25.3 Å². The second kappa shape index (κ2) is 5.21. The second-order valence-electron chi connectivity index (χ2n) is 5.47. The van der Waals surface area contributed by atoms with E-state index in [1.54, 1.807) is 4.90 Å². The molecule has 1 unspecified atom stereocenters. The molecule has 1 amide bonds. The van der Waals surface area contributed by atoms with E-state index in [0.29, 0.717) is 12.6 Å². The van der Waals surface area contributed by atoms with Gasteiger partial charge in [0.25, 0.3) is 0 Å². The van der Waals surface area contributed by atoms with Gasteiger partial charge in [0.15, 0.2) is 0 Å². The Morgan fingerprint density at radius 1 is 1.26 bits per heavy atom. The summed E-state index contributed by atoms with van der Waals surface area (Å²) in [4.78, 5) is 16.1. The van der Waals surface area contributed by atoms with Gasteiger partial charge in [-0.15, -0.1) is 0 Å². The Morgan fingerprint density at radius 3 is 2.79 bits per heavy atom. The number of amides is 1. The molecular formula is C15H21N3O. The van der Waals surface area contributed by atoms with Crippen LogP contribution in [0.15, 0.2) is 24.3 Å². The Labute approximate surface area is 114 Å². The summed E-state index contributed by atoms with van der Waals surface area (Å²) in [6, 6.07) is 8.68. The Hall–Kier alpha value is -1.55. The first-order valence-electron chi connectivity index (χ1n) is 7.09. The fraction of sp³-hybridized carbons (Fsp3) is 0.533. The van der Waals surface area contributed by atoms with E-state index >= 15 is 0 Å². The Kier molecular flexibility index (Phi) is 3.42. The molecule has 1 N–H and O–H groups in total. The number of anilines is 2. The number of nitrogens with zero attached hydrogens (tertiary/aromatic N) is 2. The van der Waals surface area contributed by atoms with Crippen LogP contribution in [0.4, 0.5) is 11.4 Å². The molecule has 0 saturated carbocycles. The molecule has 102 valence electrons. The number of hydrogen-bond donors (Lipinski definition) is 1. The van der Waals surface area contributed by atoms with Gasteiger partial charge in [-0.1, -0.05) is 18.6 Å². The summed E-state index contributed by atoms with van der Waals surface area (Å²) in [6.45, 7) is 2.52. The van der Waals surface area contributed by atoms with Gasteiger partial charge in [0.1, 0.15) is 0 Å². The lowest BCUT2D eigenvalue weighted by Gasteiger charge is -2.38. The predicted octanol–water partition coefficient (Wildman–Crippen LogP) is 1.61. The van der Waals surface area contributed by atoms with Gasteiger partial charge in [-0.2, -0.15) is 0 Å².